The van der Waals surface area contributed by atoms with E-state index in [1.165, 1.54) is 6.07 Å². The number of anilines is 1. The summed E-state index contributed by atoms with van der Waals surface area (Å²) in [5, 5.41) is 6.40. The summed E-state index contributed by atoms with van der Waals surface area (Å²) in [4.78, 5) is 0. The normalized spacial score (nSPS) is 20.6. The van der Waals surface area contributed by atoms with Crippen LogP contribution in [0.3, 0.4) is 0 Å². The van der Waals surface area contributed by atoms with Gasteiger partial charge in [-0.2, -0.15) is 0 Å². The standard InChI is InChI=1S/C10H13FN2/c1-12-9-4-5-13-10-6-7(11)2-3-8(9)10/h2-3,6,9,12-13H,4-5H2,1H3. The van der Waals surface area contributed by atoms with Crippen molar-refractivity contribution in [3.63, 3.8) is 0 Å². The Morgan fingerprint density at radius 3 is 3.15 bits per heavy atom. The van der Waals surface area contributed by atoms with E-state index in [9.17, 15) is 4.39 Å². The molecule has 1 aromatic rings. The molecular formula is C10H13FN2. The Morgan fingerprint density at radius 1 is 1.54 bits per heavy atom. The first-order valence-electron chi connectivity index (χ1n) is 4.52. The van der Waals surface area contributed by atoms with Crippen molar-refractivity contribution in [2.45, 2.75) is 12.5 Å². The predicted octanol–water partition coefficient (Wildman–Crippen LogP) is 1.90. The first kappa shape index (κ1) is 8.51. The molecule has 0 fully saturated rings. The summed E-state index contributed by atoms with van der Waals surface area (Å²) >= 11 is 0. The van der Waals surface area contributed by atoms with E-state index in [4.69, 9.17) is 0 Å². The van der Waals surface area contributed by atoms with Crippen LogP contribution in [0, 0.1) is 5.82 Å². The van der Waals surface area contributed by atoms with Gasteiger partial charge < -0.3 is 10.6 Å². The lowest BCUT2D eigenvalue weighted by molar-refractivity contribution is 0.547. The Bertz CT molecular complexity index is 312. The highest BCUT2D eigenvalue weighted by Crippen LogP contribution is 2.29. The summed E-state index contributed by atoms with van der Waals surface area (Å²) in [6.07, 6.45) is 1.05. The Hall–Kier alpha value is -1.09. The molecule has 1 unspecified atom stereocenters. The molecule has 2 nitrogen and oxygen atoms in total. The van der Waals surface area contributed by atoms with Crippen molar-refractivity contribution in [2.75, 3.05) is 18.9 Å². The summed E-state index contributed by atoms with van der Waals surface area (Å²) in [5.74, 6) is -0.178. The maximum absolute atomic E-state index is 12.9. The highest BCUT2D eigenvalue weighted by Gasteiger charge is 2.17. The van der Waals surface area contributed by atoms with Gasteiger partial charge in [0.25, 0.3) is 0 Å². The molecule has 0 saturated carbocycles. The minimum Gasteiger partial charge on any atom is -0.385 e. The molecule has 0 radical (unpaired) electrons. The van der Waals surface area contributed by atoms with Crippen LogP contribution in [0.1, 0.15) is 18.0 Å². The SMILES string of the molecule is CNC1CCNc2cc(F)ccc21. The van der Waals surface area contributed by atoms with Gasteiger partial charge in [-0.1, -0.05) is 6.07 Å². The number of hydrogen-bond donors (Lipinski definition) is 2. The van der Waals surface area contributed by atoms with Crippen LogP contribution in [0.5, 0.6) is 0 Å². The van der Waals surface area contributed by atoms with E-state index in [-0.39, 0.29) is 5.82 Å². The average Bonchev–Trinajstić information content (AvgIpc) is 2.16. The average molecular weight is 180 g/mol. The maximum Gasteiger partial charge on any atom is 0.125 e. The molecule has 1 aliphatic rings. The minimum atomic E-state index is -0.178. The first-order valence-corrected chi connectivity index (χ1v) is 4.52. The molecule has 70 valence electrons. The van der Waals surface area contributed by atoms with Gasteiger partial charge in [-0.25, -0.2) is 4.39 Å². The van der Waals surface area contributed by atoms with E-state index in [0.29, 0.717) is 6.04 Å². The predicted molar refractivity (Wildman–Crippen MR) is 51.3 cm³/mol. The van der Waals surface area contributed by atoms with Crippen LogP contribution in [0.4, 0.5) is 10.1 Å². The lowest BCUT2D eigenvalue weighted by Crippen LogP contribution is -2.25. The van der Waals surface area contributed by atoms with Gasteiger partial charge >= 0.3 is 0 Å². The van der Waals surface area contributed by atoms with E-state index in [0.717, 1.165) is 24.2 Å². The van der Waals surface area contributed by atoms with Crippen molar-refractivity contribution in [3.05, 3.63) is 29.6 Å². The molecule has 13 heavy (non-hydrogen) atoms. The number of fused-ring (bicyclic) bond motifs is 1. The van der Waals surface area contributed by atoms with Crippen LogP contribution in [-0.4, -0.2) is 13.6 Å². The third kappa shape index (κ3) is 1.52. The van der Waals surface area contributed by atoms with Crippen LogP contribution < -0.4 is 10.6 Å². The van der Waals surface area contributed by atoms with Gasteiger partial charge in [-0.3, -0.25) is 0 Å². The monoisotopic (exact) mass is 180 g/mol. The quantitative estimate of drug-likeness (QED) is 0.689. The molecule has 1 aliphatic heterocycles. The topological polar surface area (TPSA) is 24.1 Å². The van der Waals surface area contributed by atoms with Crippen molar-refractivity contribution in [2.24, 2.45) is 0 Å². The van der Waals surface area contributed by atoms with E-state index >= 15 is 0 Å². The fourth-order valence-corrected chi connectivity index (χ4v) is 1.79. The second-order valence-corrected chi connectivity index (χ2v) is 3.29. The second-order valence-electron chi connectivity index (χ2n) is 3.29. The van der Waals surface area contributed by atoms with Crippen molar-refractivity contribution in [1.29, 1.82) is 0 Å². The highest BCUT2D eigenvalue weighted by atomic mass is 19.1. The zero-order chi connectivity index (χ0) is 9.26. The lowest BCUT2D eigenvalue weighted by atomic mass is 9.98. The van der Waals surface area contributed by atoms with E-state index < -0.39 is 0 Å². The second kappa shape index (κ2) is 3.34. The molecule has 0 bridgehead atoms. The molecule has 0 saturated heterocycles. The van der Waals surface area contributed by atoms with Crippen molar-refractivity contribution >= 4 is 5.69 Å². The molecule has 1 atom stereocenters. The number of nitrogens with one attached hydrogen (secondary N) is 2. The fourth-order valence-electron chi connectivity index (χ4n) is 1.79. The molecule has 2 N–H and O–H groups in total. The molecule has 1 aromatic carbocycles. The molecule has 2 rings (SSSR count). The lowest BCUT2D eigenvalue weighted by Gasteiger charge is -2.26. The maximum atomic E-state index is 12.9. The van der Waals surface area contributed by atoms with Gasteiger partial charge in [0.2, 0.25) is 0 Å². The minimum absolute atomic E-state index is 0.178. The van der Waals surface area contributed by atoms with Gasteiger partial charge in [0, 0.05) is 18.3 Å². The molecule has 0 aromatic heterocycles. The van der Waals surface area contributed by atoms with Gasteiger partial charge in [-0.05, 0) is 31.2 Å². The van der Waals surface area contributed by atoms with Crippen molar-refractivity contribution < 1.29 is 4.39 Å². The van der Waals surface area contributed by atoms with E-state index in [1.807, 2.05) is 13.1 Å². The van der Waals surface area contributed by atoms with Crippen LogP contribution in [-0.2, 0) is 0 Å². The summed E-state index contributed by atoms with van der Waals surface area (Å²) in [6.45, 7) is 0.905. The van der Waals surface area contributed by atoms with E-state index in [1.54, 1.807) is 6.07 Å². The Labute approximate surface area is 77.2 Å². The van der Waals surface area contributed by atoms with Crippen LogP contribution >= 0.6 is 0 Å². The Morgan fingerprint density at radius 2 is 2.38 bits per heavy atom. The summed E-state index contributed by atoms with van der Waals surface area (Å²) in [5.41, 5.74) is 2.08. The molecule has 3 heteroatoms. The van der Waals surface area contributed by atoms with Crippen LogP contribution in [0.2, 0.25) is 0 Å². The van der Waals surface area contributed by atoms with Gasteiger partial charge in [0.15, 0.2) is 0 Å². The molecule has 0 aliphatic carbocycles. The highest BCUT2D eigenvalue weighted by molar-refractivity contribution is 5.54. The zero-order valence-corrected chi connectivity index (χ0v) is 7.60. The molecule has 1 heterocycles. The van der Waals surface area contributed by atoms with Gasteiger partial charge in [-0.15, -0.1) is 0 Å². The number of hydrogen-bond acceptors (Lipinski definition) is 2. The van der Waals surface area contributed by atoms with E-state index in [2.05, 4.69) is 10.6 Å². The summed E-state index contributed by atoms with van der Waals surface area (Å²) in [6, 6.07) is 5.27. The smallest absolute Gasteiger partial charge is 0.125 e. The van der Waals surface area contributed by atoms with Gasteiger partial charge in [0.1, 0.15) is 5.82 Å². The molecular weight excluding hydrogens is 167 g/mol. The molecule has 0 spiro atoms. The van der Waals surface area contributed by atoms with Crippen LogP contribution in [0.25, 0.3) is 0 Å². The fraction of sp³-hybridized carbons (Fsp3) is 0.400. The third-order valence-electron chi connectivity index (χ3n) is 2.49. The molecule has 0 amide bonds. The number of rotatable bonds is 1. The largest absolute Gasteiger partial charge is 0.385 e. The first-order chi connectivity index (χ1) is 6.31. The number of halogens is 1. The zero-order valence-electron chi connectivity index (χ0n) is 7.60. The third-order valence-corrected chi connectivity index (χ3v) is 2.49. The summed E-state index contributed by atoms with van der Waals surface area (Å²) < 4.78 is 12.9. The van der Waals surface area contributed by atoms with Crippen molar-refractivity contribution in [3.8, 4) is 0 Å². The Kier molecular flexibility index (Phi) is 2.19. The van der Waals surface area contributed by atoms with Crippen LogP contribution in [0.15, 0.2) is 18.2 Å². The van der Waals surface area contributed by atoms with Gasteiger partial charge in [0.05, 0.1) is 0 Å². The number of benzene rings is 1. The summed E-state index contributed by atoms with van der Waals surface area (Å²) in [7, 11) is 1.93. The van der Waals surface area contributed by atoms with Crippen molar-refractivity contribution in [1.82, 2.24) is 5.32 Å². The Balaban J connectivity index is 2.40.